The molecule has 0 unspecified atom stereocenters. The summed E-state index contributed by atoms with van der Waals surface area (Å²) in [6.07, 6.45) is 0.925. The number of amides is 1. The molecule has 0 saturated heterocycles. The van der Waals surface area contributed by atoms with Gasteiger partial charge in [0.15, 0.2) is 0 Å². The molecule has 1 rings (SSSR count). The molecule has 0 fully saturated rings. The van der Waals surface area contributed by atoms with Crippen molar-refractivity contribution in [3.05, 3.63) is 28.8 Å². The minimum Gasteiger partial charge on any atom is -0.493 e. The van der Waals surface area contributed by atoms with Gasteiger partial charge >= 0.3 is 5.97 Å². The third kappa shape index (κ3) is 5.27. The third-order valence-corrected chi connectivity index (χ3v) is 3.32. The van der Waals surface area contributed by atoms with Gasteiger partial charge in [-0.25, -0.2) is 4.79 Å². The van der Waals surface area contributed by atoms with Gasteiger partial charge in [0.25, 0.3) is 0 Å². The van der Waals surface area contributed by atoms with Crippen molar-refractivity contribution in [2.75, 3.05) is 19.7 Å². The fraction of sp³-hybridized carbons (Fsp3) is 0.467. The van der Waals surface area contributed by atoms with Crippen LogP contribution in [0, 0.1) is 0 Å². The topological polar surface area (TPSA) is 66.8 Å². The fourth-order valence-electron chi connectivity index (χ4n) is 1.94. The predicted molar refractivity (Wildman–Crippen MR) is 81.1 cm³/mol. The molecule has 0 aromatic heterocycles. The first-order chi connectivity index (χ1) is 9.99. The molecule has 116 valence electrons. The Kier molecular flexibility index (Phi) is 7.02. The number of nitrogens with zero attached hydrogens (tertiary/aromatic N) is 1. The first kappa shape index (κ1) is 17.3. The maximum atomic E-state index is 11.8. The van der Waals surface area contributed by atoms with Gasteiger partial charge in [-0.1, -0.05) is 11.6 Å². The molecule has 0 spiro atoms. The largest absolute Gasteiger partial charge is 0.493 e. The van der Waals surface area contributed by atoms with Gasteiger partial charge in [0.1, 0.15) is 11.3 Å². The van der Waals surface area contributed by atoms with Gasteiger partial charge in [0.05, 0.1) is 6.61 Å². The molecular formula is C15H20ClNO4. The molecule has 5 nitrogen and oxygen atoms in total. The molecular weight excluding hydrogens is 294 g/mol. The van der Waals surface area contributed by atoms with Crippen LogP contribution in [0.2, 0.25) is 5.02 Å². The summed E-state index contributed by atoms with van der Waals surface area (Å²) < 4.78 is 5.44. The van der Waals surface area contributed by atoms with Gasteiger partial charge in [0, 0.05) is 24.5 Å². The van der Waals surface area contributed by atoms with E-state index >= 15 is 0 Å². The number of carbonyl (C=O) groups is 2. The zero-order chi connectivity index (χ0) is 15.8. The van der Waals surface area contributed by atoms with E-state index in [4.69, 9.17) is 21.4 Å². The van der Waals surface area contributed by atoms with Gasteiger partial charge in [-0.05, 0) is 38.5 Å². The Balaban J connectivity index is 2.50. The summed E-state index contributed by atoms with van der Waals surface area (Å²) in [5.41, 5.74) is 0.0255. The number of halogens is 1. The van der Waals surface area contributed by atoms with Crippen LogP contribution in [0.5, 0.6) is 5.75 Å². The number of carboxylic acid groups (broad SMARTS) is 1. The number of rotatable bonds is 8. The summed E-state index contributed by atoms with van der Waals surface area (Å²) in [5, 5.41) is 9.42. The zero-order valence-electron chi connectivity index (χ0n) is 12.3. The van der Waals surface area contributed by atoms with Crippen molar-refractivity contribution < 1.29 is 19.4 Å². The zero-order valence-corrected chi connectivity index (χ0v) is 13.0. The van der Waals surface area contributed by atoms with Gasteiger partial charge in [-0.15, -0.1) is 0 Å². The van der Waals surface area contributed by atoms with Gasteiger partial charge in [-0.3, -0.25) is 4.79 Å². The average molecular weight is 314 g/mol. The van der Waals surface area contributed by atoms with Crippen molar-refractivity contribution in [3.63, 3.8) is 0 Å². The fourth-order valence-corrected chi connectivity index (χ4v) is 2.11. The van der Waals surface area contributed by atoms with Crippen molar-refractivity contribution in [3.8, 4) is 5.75 Å². The highest BCUT2D eigenvalue weighted by Gasteiger charge is 2.13. The van der Waals surface area contributed by atoms with E-state index in [2.05, 4.69) is 0 Å². The van der Waals surface area contributed by atoms with Crippen LogP contribution in [0.3, 0.4) is 0 Å². The Morgan fingerprint density at radius 1 is 1.29 bits per heavy atom. The quantitative estimate of drug-likeness (QED) is 0.749. The Bertz CT molecular complexity index is 500. The van der Waals surface area contributed by atoms with Gasteiger partial charge < -0.3 is 14.7 Å². The summed E-state index contributed by atoms with van der Waals surface area (Å²) in [6, 6.07) is 4.45. The molecule has 21 heavy (non-hydrogen) atoms. The lowest BCUT2D eigenvalue weighted by molar-refractivity contribution is -0.131. The van der Waals surface area contributed by atoms with Crippen LogP contribution in [0.1, 0.15) is 37.0 Å². The second-order valence-corrected chi connectivity index (χ2v) is 4.90. The van der Waals surface area contributed by atoms with Crippen molar-refractivity contribution >= 4 is 23.5 Å². The van der Waals surface area contributed by atoms with Crippen LogP contribution >= 0.6 is 11.6 Å². The summed E-state index contributed by atoms with van der Waals surface area (Å²) in [7, 11) is 0. The number of ether oxygens (including phenoxy) is 1. The minimum atomic E-state index is -1.09. The monoisotopic (exact) mass is 313 g/mol. The maximum Gasteiger partial charge on any atom is 0.339 e. The number of hydrogen-bond donors (Lipinski definition) is 1. The number of benzene rings is 1. The van der Waals surface area contributed by atoms with E-state index < -0.39 is 5.97 Å². The molecule has 0 aliphatic carbocycles. The summed E-state index contributed by atoms with van der Waals surface area (Å²) in [4.78, 5) is 24.6. The molecule has 0 atom stereocenters. The summed E-state index contributed by atoms with van der Waals surface area (Å²) in [6.45, 7) is 5.54. The maximum absolute atomic E-state index is 11.8. The first-order valence-corrected chi connectivity index (χ1v) is 7.30. The lowest BCUT2D eigenvalue weighted by Crippen LogP contribution is -2.30. The third-order valence-electron chi connectivity index (χ3n) is 3.08. The predicted octanol–water partition coefficient (Wildman–Crippen LogP) is 3.07. The Labute approximate surface area is 129 Å². The van der Waals surface area contributed by atoms with E-state index in [-0.39, 0.29) is 23.8 Å². The molecule has 1 aromatic carbocycles. The first-order valence-electron chi connectivity index (χ1n) is 6.93. The standard InChI is InChI=1S/C15H20ClNO4/c1-3-17(4-2)14(18)6-5-9-21-13-8-7-11(16)10-12(13)15(19)20/h7-8,10H,3-6,9H2,1-2H3,(H,19,20). The Hall–Kier alpha value is -1.75. The number of aromatic carboxylic acids is 1. The van der Waals surface area contributed by atoms with E-state index in [1.54, 1.807) is 11.0 Å². The summed E-state index contributed by atoms with van der Waals surface area (Å²) in [5.74, 6) is -0.743. The normalized spacial score (nSPS) is 10.2. The molecule has 6 heteroatoms. The number of hydrogen-bond acceptors (Lipinski definition) is 3. The molecule has 0 heterocycles. The smallest absolute Gasteiger partial charge is 0.339 e. The van der Waals surface area contributed by atoms with Crippen LogP contribution in [-0.4, -0.2) is 41.6 Å². The van der Waals surface area contributed by atoms with Crippen molar-refractivity contribution in [2.24, 2.45) is 0 Å². The van der Waals surface area contributed by atoms with Crippen LogP contribution in [0.25, 0.3) is 0 Å². The lowest BCUT2D eigenvalue weighted by Gasteiger charge is -2.18. The Morgan fingerprint density at radius 2 is 1.95 bits per heavy atom. The molecule has 0 radical (unpaired) electrons. The van der Waals surface area contributed by atoms with Crippen LogP contribution in [0.15, 0.2) is 18.2 Å². The molecule has 0 aliphatic rings. The highest BCUT2D eigenvalue weighted by atomic mass is 35.5. The van der Waals surface area contributed by atoms with Crippen molar-refractivity contribution in [1.29, 1.82) is 0 Å². The molecule has 0 saturated carbocycles. The second-order valence-electron chi connectivity index (χ2n) is 4.46. The lowest BCUT2D eigenvalue weighted by atomic mass is 10.2. The van der Waals surface area contributed by atoms with E-state index in [0.717, 1.165) is 0 Å². The summed E-state index contributed by atoms with van der Waals surface area (Å²) >= 11 is 5.76. The minimum absolute atomic E-state index is 0.0255. The highest BCUT2D eigenvalue weighted by molar-refractivity contribution is 6.31. The van der Waals surface area contributed by atoms with Crippen LogP contribution < -0.4 is 4.74 Å². The molecule has 0 bridgehead atoms. The van der Waals surface area contributed by atoms with Crippen molar-refractivity contribution in [1.82, 2.24) is 4.90 Å². The van der Waals surface area contributed by atoms with Gasteiger partial charge in [0.2, 0.25) is 5.91 Å². The van der Waals surface area contributed by atoms with E-state index in [1.807, 2.05) is 13.8 Å². The molecule has 1 N–H and O–H groups in total. The SMILES string of the molecule is CCN(CC)C(=O)CCCOc1ccc(Cl)cc1C(=O)O. The van der Waals surface area contributed by atoms with Gasteiger partial charge in [-0.2, -0.15) is 0 Å². The van der Waals surface area contributed by atoms with E-state index in [1.165, 1.54) is 12.1 Å². The van der Waals surface area contributed by atoms with E-state index in [0.29, 0.717) is 31.0 Å². The Morgan fingerprint density at radius 3 is 2.52 bits per heavy atom. The van der Waals surface area contributed by atoms with Crippen LogP contribution in [0.4, 0.5) is 0 Å². The molecule has 1 amide bonds. The number of carbonyl (C=O) groups excluding carboxylic acids is 1. The van der Waals surface area contributed by atoms with Crippen molar-refractivity contribution in [2.45, 2.75) is 26.7 Å². The van der Waals surface area contributed by atoms with Crippen LogP contribution in [-0.2, 0) is 4.79 Å². The highest BCUT2D eigenvalue weighted by Crippen LogP contribution is 2.23. The molecule has 0 aliphatic heterocycles. The average Bonchev–Trinajstić information content (AvgIpc) is 2.45. The number of carboxylic acids is 1. The van der Waals surface area contributed by atoms with E-state index in [9.17, 15) is 9.59 Å². The second kappa shape index (κ2) is 8.52. The molecule has 1 aromatic rings.